The van der Waals surface area contributed by atoms with Crippen LogP contribution in [0.25, 0.3) is 0 Å². The fourth-order valence-corrected chi connectivity index (χ4v) is 103. The minimum atomic E-state index is -1.30. The Labute approximate surface area is 173 Å². The molecule has 0 radical (unpaired) electrons. The van der Waals surface area contributed by atoms with Crippen LogP contribution in [-0.4, -0.2) is 42.0 Å². The summed E-state index contributed by atoms with van der Waals surface area (Å²) in [5.41, 5.74) is 0. The zero-order valence-corrected chi connectivity index (χ0v) is 23.9. The number of carbonyl (C=O) groups excluding carboxylic acids is 1. The third kappa shape index (κ3) is 5.79. The fraction of sp³-hybridized carbons (Fsp3) is 0.857. The van der Waals surface area contributed by atoms with Crippen molar-refractivity contribution in [2.75, 3.05) is 6.61 Å². The van der Waals surface area contributed by atoms with Crippen LogP contribution in [0, 0.1) is 11.8 Å². The number of hydrogen-bond acceptors (Lipinski definition) is 2. The lowest BCUT2D eigenvalue weighted by Gasteiger charge is -2.57. The summed E-state index contributed by atoms with van der Waals surface area (Å²) in [5, 5.41) is 0. The lowest BCUT2D eigenvalue weighted by Crippen LogP contribution is -2.82. The maximum absolute atomic E-state index is 11.9. The molecule has 1 aliphatic rings. The molecule has 1 fully saturated rings. The minimum Gasteiger partial charge on any atom is -0.466 e. The Morgan fingerprint density at radius 2 is 1.44 bits per heavy atom. The van der Waals surface area contributed by atoms with Crippen molar-refractivity contribution in [2.45, 2.75) is 97.6 Å². The van der Waals surface area contributed by atoms with Gasteiger partial charge in [0.25, 0.3) is 0 Å². The lowest BCUT2D eigenvalue weighted by molar-refractivity contribution is -0.144. The van der Waals surface area contributed by atoms with Gasteiger partial charge in [-0.1, -0.05) is 77.5 Å². The first-order valence-corrected chi connectivity index (χ1v) is 26.7. The van der Waals surface area contributed by atoms with Gasteiger partial charge in [-0.15, -0.1) is 0 Å². The van der Waals surface area contributed by atoms with Gasteiger partial charge in [0, 0.05) is 35.8 Å². The average molecular weight is 443 g/mol. The molecule has 1 rings (SSSR count). The van der Waals surface area contributed by atoms with Gasteiger partial charge < -0.3 is 4.74 Å². The van der Waals surface area contributed by atoms with E-state index >= 15 is 0 Å². The van der Waals surface area contributed by atoms with Crippen molar-refractivity contribution in [1.29, 1.82) is 0 Å². The van der Waals surface area contributed by atoms with Gasteiger partial charge in [-0.2, -0.15) is 0 Å². The first kappa shape index (κ1) is 25.1. The zero-order chi connectivity index (χ0) is 21.1. The van der Waals surface area contributed by atoms with Crippen molar-refractivity contribution < 1.29 is 9.53 Å². The van der Waals surface area contributed by atoms with E-state index in [9.17, 15) is 4.79 Å². The molecule has 0 saturated heterocycles. The molecule has 0 aromatic carbocycles. The molecular formula is C21H46O2Si4. The van der Waals surface area contributed by atoms with Crippen LogP contribution in [0.15, 0.2) is 12.2 Å². The van der Waals surface area contributed by atoms with Crippen LogP contribution < -0.4 is 0 Å². The summed E-state index contributed by atoms with van der Waals surface area (Å²) in [6, 6.07) is 1.40. The minimum absolute atomic E-state index is 0.00202. The molecule has 0 aliphatic heterocycles. The Kier molecular flexibility index (Phi) is 8.62. The van der Waals surface area contributed by atoms with Gasteiger partial charge in [0.05, 0.1) is 6.61 Å². The van der Waals surface area contributed by atoms with Gasteiger partial charge in [0.1, 0.15) is 0 Å². The molecule has 0 spiro atoms. The molecular weight excluding hydrogens is 397 g/mol. The summed E-state index contributed by atoms with van der Waals surface area (Å²) in [7, 11) is -3.60. The molecule has 1 saturated carbocycles. The van der Waals surface area contributed by atoms with E-state index < -0.39 is 29.4 Å². The summed E-state index contributed by atoms with van der Waals surface area (Å²) in [6.45, 7) is 25.1. The Hall–Kier alpha value is 0.0775. The number of carbonyl (C=O) groups is 1. The van der Waals surface area contributed by atoms with Crippen LogP contribution in [0.5, 0.6) is 0 Å². The van der Waals surface area contributed by atoms with E-state index in [0.717, 1.165) is 0 Å². The number of hydrogen-bond donors (Lipinski definition) is 0. The molecule has 0 aromatic heterocycles. The average Bonchev–Trinajstić information content (AvgIpc) is 2.86. The summed E-state index contributed by atoms with van der Waals surface area (Å²) in [4.78, 5) is 11.9. The molecule has 158 valence electrons. The molecule has 0 bridgehead atoms. The van der Waals surface area contributed by atoms with Crippen LogP contribution in [0.4, 0.5) is 0 Å². The highest BCUT2D eigenvalue weighted by molar-refractivity contribution is 7.89. The van der Waals surface area contributed by atoms with Crippen molar-refractivity contribution in [3.05, 3.63) is 12.2 Å². The number of rotatable bonds is 9. The molecule has 0 aromatic rings. The van der Waals surface area contributed by atoms with Crippen molar-refractivity contribution in [2.24, 2.45) is 11.8 Å². The largest absolute Gasteiger partial charge is 0.466 e. The quantitative estimate of drug-likeness (QED) is 0.228. The van der Waals surface area contributed by atoms with Gasteiger partial charge >= 0.3 is 5.97 Å². The second kappa shape index (κ2) is 9.26. The Morgan fingerprint density at radius 3 is 1.89 bits per heavy atom. The van der Waals surface area contributed by atoms with Gasteiger partial charge in [-0.05, 0) is 37.6 Å². The van der Waals surface area contributed by atoms with Crippen molar-refractivity contribution in [3.63, 3.8) is 0 Å². The van der Waals surface area contributed by atoms with E-state index in [0.29, 0.717) is 24.9 Å². The van der Waals surface area contributed by atoms with Crippen LogP contribution in [0.2, 0.25) is 65.0 Å². The van der Waals surface area contributed by atoms with Crippen LogP contribution in [-0.2, 0) is 9.53 Å². The van der Waals surface area contributed by atoms with Gasteiger partial charge in [-0.25, -0.2) is 0 Å². The van der Waals surface area contributed by atoms with Crippen molar-refractivity contribution in [3.8, 4) is 0 Å². The molecule has 2 unspecified atom stereocenters. The fourth-order valence-electron chi connectivity index (χ4n) is 6.72. The van der Waals surface area contributed by atoms with E-state index in [1.54, 1.807) is 0 Å². The van der Waals surface area contributed by atoms with Crippen LogP contribution in [0.1, 0.15) is 32.6 Å². The van der Waals surface area contributed by atoms with E-state index in [1.807, 2.05) is 6.92 Å². The molecule has 0 heterocycles. The monoisotopic (exact) mass is 442 g/mol. The number of allylic oxidation sites excluding steroid dienone is 2. The highest BCUT2D eigenvalue weighted by Crippen LogP contribution is 2.41. The maximum Gasteiger partial charge on any atom is 0.306 e. The summed E-state index contributed by atoms with van der Waals surface area (Å²) in [5.74, 6) is 1.09. The van der Waals surface area contributed by atoms with Gasteiger partial charge in [0.15, 0.2) is 0 Å². The normalized spacial score (nSPS) is 22.4. The van der Waals surface area contributed by atoms with E-state index in [-0.39, 0.29) is 5.97 Å². The smallest absolute Gasteiger partial charge is 0.306 e. The standard InChI is InChI=1S/C21H46O2Si4/c1-11-23-21(22)18-20-15-12-14-19(20)16-13-17-27(24(2,3)4,25(5,6)7)26(8,9)10/h13,16,19-20H,11-12,14-15,17-18H2,1-10H3/b16-13+. The van der Waals surface area contributed by atoms with Crippen molar-refractivity contribution in [1.82, 2.24) is 0 Å². The van der Waals surface area contributed by atoms with Gasteiger partial charge in [-0.3, -0.25) is 4.79 Å². The third-order valence-electron chi connectivity index (χ3n) is 7.10. The maximum atomic E-state index is 11.9. The molecule has 2 nitrogen and oxygen atoms in total. The highest BCUT2D eigenvalue weighted by Gasteiger charge is 2.60. The van der Waals surface area contributed by atoms with Crippen molar-refractivity contribution >= 4 is 35.4 Å². The lowest BCUT2D eigenvalue weighted by atomic mass is 9.92. The second-order valence-corrected chi connectivity index (χ2v) is 53.1. The molecule has 6 heteroatoms. The summed E-state index contributed by atoms with van der Waals surface area (Å²) < 4.78 is 5.21. The van der Waals surface area contributed by atoms with E-state index in [1.165, 1.54) is 25.3 Å². The Balaban J connectivity index is 3.03. The van der Waals surface area contributed by atoms with E-state index in [2.05, 4.69) is 71.1 Å². The summed E-state index contributed by atoms with van der Waals surface area (Å²) >= 11 is 0. The number of ether oxygens (including phenoxy) is 1. The predicted molar refractivity (Wildman–Crippen MR) is 132 cm³/mol. The first-order chi connectivity index (χ1) is 12.2. The summed E-state index contributed by atoms with van der Waals surface area (Å²) in [6.07, 6.45) is 9.45. The van der Waals surface area contributed by atoms with Gasteiger partial charge in [0.2, 0.25) is 0 Å². The zero-order valence-electron chi connectivity index (χ0n) is 19.9. The van der Waals surface area contributed by atoms with E-state index in [4.69, 9.17) is 4.74 Å². The third-order valence-corrected chi connectivity index (χ3v) is 81.0. The SMILES string of the molecule is CCOC(=O)CC1CCCC1/C=C/C[Si]([Si](C)(C)C)([Si](C)(C)C)[Si](C)(C)C. The molecule has 0 amide bonds. The number of esters is 1. The molecule has 27 heavy (non-hydrogen) atoms. The molecule has 1 aliphatic carbocycles. The topological polar surface area (TPSA) is 26.3 Å². The highest BCUT2D eigenvalue weighted by atomic mass is 29.9. The van der Waals surface area contributed by atoms with Crippen LogP contribution in [0.3, 0.4) is 0 Å². The van der Waals surface area contributed by atoms with Crippen LogP contribution >= 0.6 is 0 Å². The Morgan fingerprint density at radius 1 is 0.926 bits per heavy atom. The Bertz CT molecular complexity index is 488. The molecule has 0 N–H and O–H groups in total. The second-order valence-electron chi connectivity index (χ2n) is 11.7. The predicted octanol–water partition coefficient (Wildman–Crippen LogP) is 6.61. The molecule has 2 atom stereocenters. The first-order valence-electron chi connectivity index (χ1n) is 11.0.